The third-order valence-corrected chi connectivity index (χ3v) is 4.34. The molecule has 1 fully saturated rings. The number of thioether (sulfide) groups is 1. The molecule has 1 aliphatic rings. The van der Waals surface area contributed by atoms with Crippen LogP contribution in [0.5, 0.6) is 5.75 Å². The van der Waals surface area contributed by atoms with Gasteiger partial charge in [-0.2, -0.15) is 0 Å². The van der Waals surface area contributed by atoms with Gasteiger partial charge in [0.2, 0.25) is 11.8 Å². The van der Waals surface area contributed by atoms with E-state index in [9.17, 15) is 14.0 Å². The monoisotopic (exact) mass is 340 g/mol. The van der Waals surface area contributed by atoms with Gasteiger partial charge in [-0.3, -0.25) is 9.59 Å². The Morgan fingerprint density at radius 2 is 2.13 bits per heavy atom. The van der Waals surface area contributed by atoms with Crippen molar-refractivity contribution in [3.8, 4) is 5.75 Å². The molecule has 2 rings (SSSR count). The molecule has 0 aliphatic carbocycles. The summed E-state index contributed by atoms with van der Waals surface area (Å²) in [5.41, 5.74) is 0. The topological polar surface area (TPSA) is 67.4 Å². The van der Waals surface area contributed by atoms with E-state index in [4.69, 9.17) is 4.74 Å². The molecule has 0 aromatic heterocycles. The molecule has 2 N–H and O–H groups in total. The van der Waals surface area contributed by atoms with Crippen LogP contribution < -0.4 is 15.4 Å². The molecule has 1 saturated heterocycles. The third kappa shape index (κ3) is 6.48. The maximum atomic E-state index is 12.7. The van der Waals surface area contributed by atoms with Gasteiger partial charge in [-0.05, 0) is 43.5 Å². The number of hydrogen-bond acceptors (Lipinski definition) is 4. The second-order valence-corrected chi connectivity index (χ2v) is 6.37. The van der Waals surface area contributed by atoms with Crippen molar-refractivity contribution in [3.63, 3.8) is 0 Å². The van der Waals surface area contributed by atoms with E-state index < -0.39 is 6.04 Å². The summed E-state index contributed by atoms with van der Waals surface area (Å²) in [6, 6.07) is 5.40. The van der Waals surface area contributed by atoms with E-state index in [1.807, 2.05) is 0 Å². The lowest BCUT2D eigenvalue weighted by Crippen LogP contribution is -2.46. The van der Waals surface area contributed by atoms with E-state index in [-0.39, 0.29) is 23.4 Å². The maximum absolute atomic E-state index is 12.7. The highest BCUT2D eigenvalue weighted by Crippen LogP contribution is 2.12. The van der Waals surface area contributed by atoms with Crippen LogP contribution in [0.2, 0.25) is 0 Å². The Morgan fingerprint density at radius 3 is 2.91 bits per heavy atom. The highest BCUT2D eigenvalue weighted by atomic mass is 32.2. The lowest BCUT2D eigenvalue weighted by molar-refractivity contribution is -0.127. The number of hydrogen-bond donors (Lipinski definition) is 2. The van der Waals surface area contributed by atoms with Gasteiger partial charge in [-0.1, -0.05) is 0 Å². The number of ether oxygens (including phenoxy) is 1. The summed E-state index contributed by atoms with van der Waals surface area (Å²) in [5.74, 6) is 0.995. The standard InChI is InChI=1S/C16H21FN2O3S/c17-12-4-6-13(7-5-12)22-9-10-23-11-15(20)19-14-3-1-2-8-18-16(14)21/h4-7,14H,1-3,8-11H2,(H,18,21)(H,19,20)/t14-/m1/s1. The molecule has 0 bridgehead atoms. The van der Waals surface area contributed by atoms with E-state index in [1.165, 1.54) is 23.9 Å². The van der Waals surface area contributed by atoms with Crippen LogP contribution >= 0.6 is 11.8 Å². The normalized spacial score (nSPS) is 18.0. The van der Waals surface area contributed by atoms with Crippen LogP contribution in [-0.4, -0.2) is 42.5 Å². The maximum Gasteiger partial charge on any atom is 0.242 e. The Bertz CT molecular complexity index is 525. The molecule has 1 atom stereocenters. The van der Waals surface area contributed by atoms with Crippen molar-refractivity contribution in [1.82, 2.24) is 10.6 Å². The molecule has 1 heterocycles. The Kier molecular flexibility index (Phi) is 7.19. The van der Waals surface area contributed by atoms with E-state index >= 15 is 0 Å². The van der Waals surface area contributed by atoms with Gasteiger partial charge in [-0.25, -0.2) is 4.39 Å². The summed E-state index contributed by atoms with van der Waals surface area (Å²) in [7, 11) is 0. The lowest BCUT2D eigenvalue weighted by Gasteiger charge is -2.15. The quantitative estimate of drug-likeness (QED) is 0.742. The minimum Gasteiger partial charge on any atom is -0.493 e. The molecule has 2 amide bonds. The van der Waals surface area contributed by atoms with Crippen molar-refractivity contribution in [1.29, 1.82) is 0 Å². The number of rotatable bonds is 7. The van der Waals surface area contributed by atoms with Gasteiger partial charge in [0.15, 0.2) is 0 Å². The summed E-state index contributed by atoms with van der Waals surface area (Å²) < 4.78 is 18.2. The molecule has 1 aliphatic heterocycles. The van der Waals surface area contributed by atoms with Gasteiger partial charge in [0.25, 0.3) is 0 Å². The summed E-state index contributed by atoms with van der Waals surface area (Å²) in [6.07, 6.45) is 2.58. The van der Waals surface area contributed by atoms with Crippen molar-refractivity contribution in [3.05, 3.63) is 30.1 Å². The fraction of sp³-hybridized carbons (Fsp3) is 0.500. The lowest BCUT2D eigenvalue weighted by atomic mass is 10.1. The largest absolute Gasteiger partial charge is 0.493 e. The highest BCUT2D eigenvalue weighted by Gasteiger charge is 2.21. The fourth-order valence-corrected chi connectivity index (χ4v) is 2.84. The number of nitrogens with one attached hydrogen (secondary N) is 2. The highest BCUT2D eigenvalue weighted by molar-refractivity contribution is 7.99. The average molecular weight is 340 g/mol. The van der Waals surface area contributed by atoms with Crippen molar-refractivity contribution < 1.29 is 18.7 Å². The summed E-state index contributed by atoms with van der Waals surface area (Å²) >= 11 is 1.44. The van der Waals surface area contributed by atoms with Crippen LogP contribution in [0.1, 0.15) is 19.3 Å². The minimum atomic E-state index is -0.416. The van der Waals surface area contributed by atoms with Crippen molar-refractivity contribution in [2.24, 2.45) is 0 Å². The molecule has 0 spiro atoms. The molecule has 5 nitrogen and oxygen atoms in total. The fourth-order valence-electron chi connectivity index (χ4n) is 2.23. The van der Waals surface area contributed by atoms with Crippen LogP contribution in [0.4, 0.5) is 4.39 Å². The predicted octanol–water partition coefficient (Wildman–Crippen LogP) is 1.72. The smallest absolute Gasteiger partial charge is 0.242 e. The predicted molar refractivity (Wildman–Crippen MR) is 88.0 cm³/mol. The average Bonchev–Trinajstić information content (AvgIpc) is 2.74. The number of halogens is 1. The van der Waals surface area contributed by atoms with Crippen molar-refractivity contribution in [2.45, 2.75) is 25.3 Å². The van der Waals surface area contributed by atoms with E-state index in [0.29, 0.717) is 31.1 Å². The second-order valence-electron chi connectivity index (χ2n) is 5.26. The zero-order chi connectivity index (χ0) is 16.5. The first-order valence-electron chi connectivity index (χ1n) is 7.68. The first-order chi connectivity index (χ1) is 11.1. The molecule has 23 heavy (non-hydrogen) atoms. The van der Waals surface area contributed by atoms with Crippen LogP contribution in [0.3, 0.4) is 0 Å². The van der Waals surface area contributed by atoms with Gasteiger partial charge >= 0.3 is 0 Å². The van der Waals surface area contributed by atoms with Crippen LogP contribution in [0, 0.1) is 5.82 Å². The Balaban J connectivity index is 1.59. The molecule has 126 valence electrons. The zero-order valence-corrected chi connectivity index (χ0v) is 13.7. The van der Waals surface area contributed by atoms with Crippen molar-refractivity contribution >= 4 is 23.6 Å². The second kappa shape index (κ2) is 9.39. The zero-order valence-electron chi connectivity index (χ0n) is 12.8. The summed E-state index contributed by atoms with van der Waals surface area (Å²) in [4.78, 5) is 23.6. The number of carbonyl (C=O) groups is 2. The number of benzene rings is 1. The van der Waals surface area contributed by atoms with E-state index in [2.05, 4.69) is 10.6 Å². The molecule has 1 aromatic carbocycles. The Morgan fingerprint density at radius 1 is 1.35 bits per heavy atom. The molecule has 0 saturated carbocycles. The molecule has 7 heteroatoms. The Hall–Kier alpha value is -1.76. The Labute approximate surface area is 139 Å². The molecule has 1 aromatic rings. The summed E-state index contributed by atoms with van der Waals surface area (Å²) in [6.45, 7) is 1.12. The number of amides is 2. The van der Waals surface area contributed by atoms with Crippen LogP contribution in [-0.2, 0) is 9.59 Å². The van der Waals surface area contributed by atoms with Gasteiger partial charge in [0, 0.05) is 12.3 Å². The van der Waals surface area contributed by atoms with Crippen LogP contribution in [0.15, 0.2) is 24.3 Å². The van der Waals surface area contributed by atoms with Crippen LogP contribution in [0.25, 0.3) is 0 Å². The van der Waals surface area contributed by atoms with Gasteiger partial charge in [0.1, 0.15) is 17.6 Å². The minimum absolute atomic E-state index is 0.0968. The first kappa shape index (κ1) is 17.6. The van der Waals surface area contributed by atoms with Crippen molar-refractivity contribution in [2.75, 3.05) is 24.7 Å². The SMILES string of the molecule is O=C(CSCCOc1ccc(F)cc1)N[C@@H]1CCCCNC1=O. The van der Waals surface area contributed by atoms with Gasteiger partial charge in [0.05, 0.1) is 12.4 Å². The number of carbonyl (C=O) groups excluding carboxylic acids is 2. The molecular formula is C16H21FN2O3S. The molecule has 0 radical (unpaired) electrons. The first-order valence-corrected chi connectivity index (χ1v) is 8.84. The van der Waals surface area contributed by atoms with E-state index in [0.717, 1.165) is 12.8 Å². The van der Waals surface area contributed by atoms with Gasteiger partial charge in [-0.15, -0.1) is 11.8 Å². The molecule has 0 unspecified atom stereocenters. The van der Waals surface area contributed by atoms with Gasteiger partial charge < -0.3 is 15.4 Å². The summed E-state index contributed by atoms with van der Waals surface area (Å²) in [5, 5.41) is 5.56. The van der Waals surface area contributed by atoms with E-state index in [1.54, 1.807) is 12.1 Å². The third-order valence-electron chi connectivity index (χ3n) is 3.41. The molecular weight excluding hydrogens is 319 g/mol.